The molecule has 5 heteroatoms. The van der Waals surface area contributed by atoms with Gasteiger partial charge in [-0.05, 0) is 60.3 Å². The van der Waals surface area contributed by atoms with Gasteiger partial charge in [-0.15, -0.1) is 0 Å². The lowest BCUT2D eigenvalue weighted by atomic mass is 9.63. The summed E-state index contributed by atoms with van der Waals surface area (Å²) < 4.78 is 5.90. The lowest BCUT2D eigenvalue weighted by molar-refractivity contribution is -0.140. The number of benzene rings is 2. The van der Waals surface area contributed by atoms with Crippen molar-refractivity contribution in [2.45, 2.75) is 20.0 Å². The Labute approximate surface area is 181 Å². The predicted molar refractivity (Wildman–Crippen MR) is 116 cm³/mol. The van der Waals surface area contributed by atoms with E-state index < -0.39 is 0 Å². The standard InChI is InChI=1S/C26H24N2O3/c1-15-5-7-16(8-6-15)14-31-18-4-2-3-17(11-18)13-27-28-25(29)23-19-9-10-20(22-12-21(19)22)24(23)26(28)30/h2-11,13,19-24H,12,14H2,1H3/b27-13-/t19-,20-,21-,22-,23+,24+/m0/s1. The molecule has 156 valence electrons. The van der Waals surface area contributed by atoms with E-state index in [1.54, 1.807) is 6.21 Å². The second-order valence-electron chi connectivity index (χ2n) is 9.23. The van der Waals surface area contributed by atoms with Crippen LogP contribution in [0.25, 0.3) is 0 Å². The summed E-state index contributed by atoms with van der Waals surface area (Å²) in [5.41, 5.74) is 3.11. The molecule has 4 aliphatic carbocycles. The Bertz CT molecular complexity index is 1080. The van der Waals surface area contributed by atoms with Crippen LogP contribution in [0.3, 0.4) is 0 Å². The zero-order valence-electron chi connectivity index (χ0n) is 17.3. The molecule has 1 heterocycles. The minimum absolute atomic E-state index is 0.136. The molecule has 0 aromatic heterocycles. The Kier molecular flexibility index (Phi) is 4.13. The van der Waals surface area contributed by atoms with Crippen molar-refractivity contribution in [2.75, 3.05) is 0 Å². The van der Waals surface area contributed by atoms with Crippen LogP contribution in [-0.2, 0) is 16.2 Å². The molecule has 0 unspecified atom stereocenters. The van der Waals surface area contributed by atoms with Gasteiger partial charge in [0.1, 0.15) is 12.4 Å². The Morgan fingerprint density at radius 3 is 2.35 bits per heavy atom. The van der Waals surface area contributed by atoms with Crippen LogP contribution in [0, 0.1) is 42.4 Å². The molecule has 1 saturated heterocycles. The van der Waals surface area contributed by atoms with Crippen molar-refractivity contribution in [3.8, 4) is 5.75 Å². The zero-order valence-corrected chi connectivity index (χ0v) is 17.3. The number of hydrogen-bond donors (Lipinski definition) is 0. The van der Waals surface area contributed by atoms with E-state index in [-0.39, 0.29) is 35.5 Å². The van der Waals surface area contributed by atoms with Gasteiger partial charge < -0.3 is 4.74 Å². The maximum atomic E-state index is 13.0. The van der Waals surface area contributed by atoms with Crippen LogP contribution in [0.5, 0.6) is 5.75 Å². The Balaban J connectivity index is 1.16. The third-order valence-electron chi connectivity index (χ3n) is 7.35. The molecule has 5 nitrogen and oxygen atoms in total. The van der Waals surface area contributed by atoms with Crippen LogP contribution in [0.4, 0.5) is 0 Å². The number of aryl methyl sites for hydroxylation is 1. The van der Waals surface area contributed by atoms with Gasteiger partial charge in [0.05, 0.1) is 18.1 Å². The van der Waals surface area contributed by atoms with Gasteiger partial charge >= 0.3 is 0 Å². The first kappa shape index (κ1) is 18.6. The summed E-state index contributed by atoms with van der Waals surface area (Å²) in [6.07, 6.45) is 7.09. The molecular weight excluding hydrogens is 388 g/mol. The van der Waals surface area contributed by atoms with Gasteiger partial charge in [-0.2, -0.15) is 10.1 Å². The summed E-state index contributed by atoms with van der Waals surface area (Å²) in [5, 5.41) is 5.43. The lowest BCUT2D eigenvalue weighted by Crippen LogP contribution is -2.40. The van der Waals surface area contributed by atoms with Crippen LogP contribution in [0.2, 0.25) is 0 Å². The second-order valence-corrected chi connectivity index (χ2v) is 9.23. The number of hydrazone groups is 1. The maximum absolute atomic E-state index is 13.0. The van der Waals surface area contributed by atoms with Crippen LogP contribution in [-0.4, -0.2) is 23.0 Å². The van der Waals surface area contributed by atoms with Crippen molar-refractivity contribution >= 4 is 18.0 Å². The van der Waals surface area contributed by atoms with Crippen molar-refractivity contribution in [1.29, 1.82) is 0 Å². The molecule has 2 bridgehead atoms. The number of ether oxygens (including phenoxy) is 1. The number of allylic oxidation sites excluding steroid dienone is 2. The first-order valence-corrected chi connectivity index (χ1v) is 11.0. The summed E-state index contributed by atoms with van der Waals surface area (Å²) in [4.78, 5) is 26.0. The van der Waals surface area contributed by atoms with E-state index >= 15 is 0 Å². The van der Waals surface area contributed by atoms with Gasteiger partial charge in [-0.25, -0.2) is 0 Å². The molecule has 31 heavy (non-hydrogen) atoms. The second kappa shape index (κ2) is 6.91. The Morgan fingerprint density at radius 2 is 1.68 bits per heavy atom. The number of rotatable bonds is 5. The van der Waals surface area contributed by atoms with E-state index in [0.717, 1.165) is 28.3 Å². The van der Waals surface area contributed by atoms with Crippen molar-refractivity contribution in [1.82, 2.24) is 5.01 Å². The number of hydrogen-bond acceptors (Lipinski definition) is 4. The minimum Gasteiger partial charge on any atom is -0.489 e. The molecule has 3 fully saturated rings. The average molecular weight is 412 g/mol. The Hall–Kier alpha value is -3.21. The van der Waals surface area contributed by atoms with Crippen LogP contribution in [0.1, 0.15) is 23.1 Å². The summed E-state index contributed by atoms with van der Waals surface area (Å²) in [7, 11) is 0. The molecule has 0 spiro atoms. The normalized spacial score (nSPS) is 32.5. The monoisotopic (exact) mass is 412 g/mol. The third kappa shape index (κ3) is 3.02. The van der Waals surface area contributed by atoms with Crippen LogP contribution >= 0.6 is 0 Å². The number of amides is 2. The highest BCUT2D eigenvalue weighted by atomic mass is 16.5. The van der Waals surface area contributed by atoms with Gasteiger partial charge in [0, 0.05) is 0 Å². The molecule has 0 N–H and O–H groups in total. The largest absolute Gasteiger partial charge is 0.489 e. The quantitative estimate of drug-likeness (QED) is 0.424. The SMILES string of the molecule is Cc1ccc(COc2cccc(/C=N\N3C(=O)[C@@H]4[C@H]5C=C[C@@H]([C@@H]6C[C@@H]56)[C@H]4C3=O)c2)cc1. The van der Waals surface area contributed by atoms with Gasteiger partial charge in [-0.3, -0.25) is 9.59 Å². The first-order valence-electron chi connectivity index (χ1n) is 11.0. The van der Waals surface area contributed by atoms with Crippen molar-refractivity contribution in [3.05, 3.63) is 77.4 Å². The topological polar surface area (TPSA) is 59.0 Å². The van der Waals surface area contributed by atoms with E-state index in [1.807, 2.05) is 24.3 Å². The van der Waals surface area contributed by atoms with Gasteiger partial charge in [0.25, 0.3) is 11.8 Å². The fourth-order valence-electron chi connectivity index (χ4n) is 5.72. The molecule has 1 aliphatic heterocycles. The third-order valence-corrected chi connectivity index (χ3v) is 7.35. The Morgan fingerprint density at radius 1 is 1.00 bits per heavy atom. The van der Waals surface area contributed by atoms with E-state index in [4.69, 9.17) is 4.74 Å². The van der Waals surface area contributed by atoms with Gasteiger partial charge in [0.15, 0.2) is 0 Å². The number of nitrogens with zero attached hydrogens (tertiary/aromatic N) is 2. The summed E-state index contributed by atoms with van der Waals surface area (Å²) in [6, 6.07) is 15.8. The predicted octanol–water partition coefficient (Wildman–Crippen LogP) is 3.96. The summed E-state index contributed by atoms with van der Waals surface area (Å²) >= 11 is 0. The number of carbonyl (C=O) groups excluding carboxylic acids is 2. The van der Waals surface area contributed by atoms with E-state index in [2.05, 4.69) is 48.4 Å². The highest BCUT2D eigenvalue weighted by Crippen LogP contribution is 2.65. The lowest BCUT2D eigenvalue weighted by Gasteiger charge is -2.37. The minimum atomic E-state index is -0.215. The smallest absolute Gasteiger partial charge is 0.254 e. The molecule has 0 radical (unpaired) electrons. The van der Waals surface area contributed by atoms with Crippen molar-refractivity contribution < 1.29 is 14.3 Å². The van der Waals surface area contributed by atoms with E-state index in [9.17, 15) is 9.59 Å². The average Bonchev–Trinajstić information content (AvgIpc) is 3.57. The number of carbonyl (C=O) groups is 2. The fourth-order valence-corrected chi connectivity index (χ4v) is 5.72. The highest BCUT2D eigenvalue weighted by Gasteiger charge is 2.67. The fraction of sp³-hybridized carbons (Fsp3) is 0.346. The molecule has 2 aromatic carbocycles. The summed E-state index contributed by atoms with van der Waals surface area (Å²) in [6.45, 7) is 2.54. The highest BCUT2D eigenvalue weighted by molar-refractivity contribution is 6.06. The van der Waals surface area contributed by atoms with Crippen molar-refractivity contribution in [2.24, 2.45) is 40.6 Å². The molecule has 2 amide bonds. The molecule has 6 atom stereocenters. The van der Waals surface area contributed by atoms with Crippen molar-refractivity contribution in [3.63, 3.8) is 0 Å². The molecule has 2 aromatic rings. The van der Waals surface area contributed by atoms with Crippen LogP contribution < -0.4 is 4.74 Å². The molecule has 5 aliphatic rings. The van der Waals surface area contributed by atoms with Gasteiger partial charge in [0.2, 0.25) is 0 Å². The van der Waals surface area contributed by atoms with Crippen LogP contribution in [0.15, 0.2) is 65.8 Å². The van der Waals surface area contributed by atoms with E-state index in [0.29, 0.717) is 18.4 Å². The zero-order chi connectivity index (χ0) is 21.1. The molecule has 7 rings (SSSR count). The number of imide groups is 1. The first-order chi connectivity index (χ1) is 15.1. The summed E-state index contributed by atoms with van der Waals surface area (Å²) in [5.74, 6) is 1.65. The maximum Gasteiger partial charge on any atom is 0.254 e. The van der Waals surface area contributed by atoms with Gasteiger partial charge in [-0.1, -0.05) is 54.1 Å². The molecular formula is C26H24N2O3. The van der Waals surface area contributed by atoms with E-state index in [1.165, 1.54) is 5.56 Å². The molecule has 2 saturated carbocycles.